The molecule has 6 rings (SSSR count). The number of anilines is 1. The molecule has 1 aromatic heterocycles. The molecule has 48 heavy (non-hydrogen) atoms. The second-order valence-corrected chi connectivity index (χ2v) is 11.8. The van der Waals surface area contributed by atoms with Crippen molar-refractivity contribution in [3.63, 3.8) is 0 Å². The Morgan fingerprint density at radius 3 is 2.46 bits per heavy atom. The molecule has 0 bridgehead atoms. The van der Waals surface area contributed by atoms with Crippen molar-refractivity contribution in [2.75, 3.05) is 31.2 Å². The molecule has 2 fully saturated rings. The van der Waals surface area contributed by atoms with E-state index in [0.717, 1.165) is 29.2 Å². The molecule has 3 aromatic rings. The molecule has 1 N–H and O–H groups in total. The number of carbonyl (C=O) groups excluding carboxylic acids is 4. The Labute approximate surface area is 272 Å². The fraction of sp³-hybridized carbons (Fsp3) is 0.394. The highest BCUT2D eigenvalue weighted by molar-refractivity contribution is 6.08. The van der Waals surface area contributed by atoms with Crippen molar-refractivity contribution in [2.24, 2.45) is 0 Å². The third-order valence-electron chi connectivity index (χ3n) is 8.93. The maximum Gasteiger partial charge on any atom is 0.416 e. The fourth-order valence-electron chi connectivity index (χ4n) is 6.61. The minimum Gasteiger partial charge on any atom is -0.381 e. The Kier molecular flexibility index (Phi) is 8.78. The second kappa shape index (κ2) is 12.8. The lowest BCUT2D eigenvalue weighted by molar-refractivity contribution is -0.137. The molecule has 0 radical (unpaired) electrons. The van der Waals surface area contributed by atoms with Gasteiger partial charge in [-0.05, 0) is 55.7 Å². The number of carbonyl (C=O) groups is 4. The van der Waals surface area contributed by atoms with E-state index >= 15 is 0 Å². The summed E-state index contributed by atoms with van der Waals surface area (Å²) in [7, 11) is 0. The molecule has 3 atom stereocenters. The molecule has 0 spiro atoms. The van der Waals surface area contributed by atoms with Crippen molar-refractivity contribution in [1.29, 1.82) is 5.26 Å². The number of benzene rings is 2. The summed E-state index contributed by atoms with van der Waals surface area (Å²) in [6, 6.07) is 7.94. The molecule has 2 aromatic carbocycles. The lowest BCUT2D eigenvalue weighted by Gasteiger charge is -2.39. The van der Waals surface area contributed by atoms with Crippen LogP contribution in [0.25, 0.3) is 0 Å². The van der Waals surface area contributed by atoms with Crippen molar-refractivity contribution in [3.05, 3.63) is 82.3 Å². The van der Waals surface area contributed by atoms with E-state index in [1.165, 1.54) is 23.1 Å². The van der Waals surface area contributed by atoms with E-state index in [-0.39, 0.29) is 54.0 Å². The molecule has 250 valence electrons. The van der Waals surface area contributed by atoms with Gasteiger partial charge in [-0.3, -0.25) is 24.1 Å². The van der Waals surface area contributed by atoms with Gasteiger partial charge in [0.2, 0.25) is 0 Å². The Hall–Kier alpha value is -5.10. The third-order valence-corrected chi connectivity index (χ3v) is 8.93. The van der Waals surface area contributed by atoms with Gasteiger partial charge < -0.3 is 15.0 Å². The predicted molar refractivity (Wildman–Crippen MR) is 160 cm³/mol. The van der Waals surface area contributed by atoms with Crippen molar-refractivity contribution in [3.8, 4) is 6.07 Å². The maximum atomic E-state index is 14.4. The Morgan fingerprint density at radius 2 is 1.81 bits per heavy atom. The number of alkyl halides is 3. The highest BCUT2D eigenvalue weighted by Gasteiger charge is 2.49. The van der Waals surface area contributed by atoms with Crippen LogP contribution in [0, 0.1) is 17.1 Å². The average Bonchev–Trinajstić information content (AvgIpc) is 3.66. The van der Waals surface area contributed by atoms with Crippen LogP contribution in [0.2, 0.25) is 0 Å². The van der Waals surface area contributed by atoms with Crippen LogP contribution in [0.15, 0.2) is 48.5 Å². The Morgan fingerprint density at radius 1 is 1.10 bits per heavy atom. The standard InChI is InChI=1S/C33H30F4N6O5/c1-2-41-30-26(28(40-43(30)22-10-12-48-13-11-22)32(47)42-17-24(44)15-23(42)16-38)25(18-6-8-21(34)9-7-18)27(31(41)46)39-29(45)19-4-3-5-20(14-19)33(35,36)37/h3-9,14,22-23,25,27H,2,10-13,15,17H2,1H3,(H,39,45)/t23-,25-,27-/m0/s1. The number of halogens is 4. The largest absolute Gasteiger partial charge is 0.416 e. The first-order chi connectivity index (χ1) is 22.9. The molecule has 4 heterocycles. The number of Topliss-reactive ketones (excluding diaryl/α,β-unsaturated/α-hetero) is 1. The molecule has 2 saturated heterocycles. The van der Waals surface area contributed by atoms with Crippen molar-refractivity contribution in [2.45, 2.75) is 56.4 Å². The highest BCUT2D eigenvalue weighted by Crippen LogP contribution is 2.45. The van der Waals surface area contributed by atoms with E-state index in [4.69, 9.17) is 9.84 Å². The summed E-state index contributed by atoms with van der Waals surface area (Å²) >= 11 is 0. The zero-order valence-corrected chi connectivity index (χ0v) is 25.7. The number of rotatable bonds is 6. The summed E-state index contributed by atoms with van der Waals surface area (Å²) in [5.41, 5.74) is -1.07. The summed E-state index contributed by atoms with van der Waals surface area (Å²) < 4.78 is 61.8. The monoisotopic (exact) mass is 666 g/mol. The summed E-state index contributed by atoms with van der Waals surface area (Å²) in [5.74, 6) is -4.17. The van der Waals surface area contributed by atoms with Crippen LogP contribution in [0.5, 0.6) is 0 Å². The quantitative estimate of drug-likeness (QED) is 0.393. The van der Waals surface area contributed by atoms with Crippen LogP contribution in [-0.2, 0) is 20.5 Å². The number of nitrogens with zero attached hydrogens (tertiary/aromatic N) is 5. The van der Waals surface area contributed by atoms with Crippen molar-refractivity contribution >= 4 is 29.3 Å². The van der Waals surface area contributed by atoms with Gasteiger partial charge in [0.25, 0.3) is 17.7 Å². The fourth-order valence-corrected chi connectivity index (χ4v) is 6.61. The number of amides is 3. The van der Waals surface area contributed by atoms with E-state index in [0.29, 0.717) is 37.7 Å². The van der Waals surface area contributed by atoms with E-state index in [2.05, 4.69) is 5.32 Å². The first-order valence-electron chi connectivity index (χ1n) is 15.4. The Bertz CT molecular complexity index is 1810. The summed E-state index contributed by atoms with van der Waals surface area (Å²) in [5, 5.41) is 17.1. The summed E-state index contributed by atoms with van der Waals surface area (Å²) in [6.07, 6.45) is -3.91. The van der Waals surface area contributed by atoms with Crippen molar-refractivity contribution < 1.29 is 41.5 Å². The first-order valence-corrected chi connectivity index (χ1v) is 15.4. The minimum absolute atomic E-state index is 0.0590. The molecule has 15 heteroatoms. The predicted octanol–water partition coefficient (Wildman–Crippen LogP) is 4.00. The lowest BCUT2D eigenvalue weighted by Crippen LogP contribution is -2.56. The summed E-state index contributed by atoms with van der Waals surface area (Å²) in [4.78, 5) is 57.1. The molecule has 3 amide bonds. The smallest absolute Gasteiger partial charge is 0.381 e. The van der Waals surface area contributed by atoms with Crippen LogP contribution < -0.4 is 10.2 Å². The highest BCUT2D eigenvalue weighted by atomic mass is 19.4. The van der Waals surface area contributed by atoms with E-state index < -0.39 is 53.3 Å². The number of hydrogen-bond acceptors (Lipinski definition) is 7. The molecule has 3 aliphatic heterocycles. The zero-order chi connectivity index (χ0) is 34.3. The number of ketones is 1. The second-order valence-electron chi connectivity index (χ2n) is 11.8. The van der Waals surface area contributed by atoms with Gasteiger partial charge in [-0.25, -0.2) is 9.07 Å². The molecule has 0 aliphatic carbocycles. The van der Waals surface area contributed by atoms with E-state index in [1.54, 1.807) is 11.6 Å². The van der Waals surface area contributed by atoms with E-state index in [1.807, 2.05) is 6.07 Å². The van der Waals surface area contributed by atoms with Gasteiger partial charge in [0.1, 0.15) is 23.7 Å². The van der Waals surface area contributed by atoms with Gasteiger partial charge in [-0.15, -0.1) is 0 Å². The number of nitrogens with one attached hydrogen (secondary N) is 1. The van der Waals surface area contributed by atoms with Gasteiger partial charge in [0.15, 0.2) is 11.5 Å². The van der Waals surface area contributed by atoms with Crippen LogP contribution in [0.4, 0.5) is 23.4 Å². The van der Waals surface area contributed by atoms with Crippen LogP contribution >= 0.6 is 0 Å². The number of likely N-dealkylation sites (N-methyl/N-ethyl adjacent to an activating group) is 1. The van der Waals surface area contributed by atoms with Crippen LogP contribution in [-0.4, -0.2) is 76.6 Å². The molecular weight excluding hydrogens is 636 g/mol. The number of likely N-dealkylation sites (tertiary alicyclic amines) is 1. The van der Waals surface area contributed by atoms with Gasteiger partial charge >= 0.3 is 6.18 Å². The van der Waals surface area contributed by atoms with E-state index in [9.17, 15) is 42.0 Å². The first kappa shape index (κ1) is 32.8. The maximum absolute atomic E-state index is 14.4. The number of ether oxygens (including phenoxy) is 1. The average molecular weight is 667 g/mol. The van der Waals surface area contributed by atoms with Crippen molar-refractivity contribution in [1.82, 2.24) is 20.0 Å². The number of fused-ring (bicyclic) bond motifs is 1. The Balaban J connectivity index is 1.54. The topological polar surface area (TPSA) is 138 Å². The number of aromatic nitrogens is 2. The van der Waals surface area contributed by atoms with Gasteiger partial charge in [0, 0.05) is 43.2 Å². The zero-order valence-electron chi connectivity index (χ0n) is 25.7. The molecule has 0 unspecified atom stereocenters. The molecular formula is C33H30F4N6O5. The molecule has 0 saturated carbocycles. The summed E-state index contributed by atoms with van der Waals surface area (Å²) in [6.45, 7) is 2.18. The van der Waals surface area contributed by atoms with Gasteiger partial charge in [0.05, 0.1) is 24.2 Å². The third kappa shape index (κ3) is 5.92. The number of nitriles is 1. The normalized spacial score (nSPS) is 21.6. The van der Waals surface area contributed by atoms with Gasteiger partial charge in [-0.1, -0.05) is 18.2 Å². The van der Waals surface area contributed by atoms with Crippen LogP contribution in [0.3, 0.4) is 0 Å². The minimum atomic E-state index is -4.73. The number of hydrogen-bond donors (Lipinski definition) is 1. The van der Waals surface area contributed by atoms with Crippen LogP contribution in [0.1, 0.15) is 75.7 Å². The van der Waals surface area contributed by atoms with Gasteiger partial charge in [-0.2, -0.15) is 23.5 Å². The molecule has 11 nitrogen and oxygen atoms in total. The SMILES string of the molecule is CCN1C(=O)[C@@H](NC(=O)c2cccc(C(F)(F)F)c2)[C@@H](c2ccc(F)cc2)c2c(C(=O)N3CC(=O)C[C@H]3C#N)nn(C3CCOCC3)c21. The molecule has 3 aliphatic rings. The lowest BCUT2D eigenvalue weighted by atomic mass is 9.80.